The summed E-state index contributed by atoms with van der Waals surface area (Å²) in [6.07, 6.45) is 3.77. The predicted molar refractivity (Wildman–Crippen MR) is 72.1 cm³/mol. The van der Waals surface area contributed by atoms with Gasteiger partial charge in [-0.3, -0.25) is 0 Å². The van der Waals surface area contributed by atoms with Gasteiger partial charge < -0.3 is 14.8 Å². The van der Waals surface area contributed by atoms with Crippen LogP contribution in [0.4, 0.5) is 5.82 Å². The van der Waals surface area contributed by atoms with Gasteiger partial charge in [0.2, 0.25) is 0 Å². The molecule has 0 saturated carbocycles. The summed E-state index contributed by atoms with van der Waals surface area (Å²) in [5, 5.41) is 3.47. The molecule has 2 rings (SSSR count). The first-order valence-corrected chi connectivity index (χ1v) is 6.59. The maximum Gasteiger partial charge on any atom is 0.168 e. The van der Waals surface area contributed by atoms with Crippen molar-refractivity contribution in [3.63, 3.8) is 0 Å². The van der Waals surface area contributed by atoms with E-state index in [1.54, 1.807) is 6.20 Å². The van der Waals surface area contributed by atoms with Gasteiger partial charge in [0.1, 0.15) is 0 Å². The third-order valence-corrected chi connectivity index (χ3v) is 3.11. The van der Waals surface area contributed by atoms with E-state index in [1.807, 2.05) is 19.1 Å². The van der Waals surface area contributed by atoms with Crippen molar-refractivity contribution in [2.75, 3.05) is 18.5 Å². The number of rotatable bonds is 4. The normalized spacial score (nSPS) is 22.5. The van der Waals surface area contributed by atoms with Crippen LogP contribution in [0.2, 0.25) is 0 Å². The Balaban J connectivity index is 2.04. The molecule has 100 valence electrons. The second-order valence-corrected chi connectivity index (χ2v) is 5.23. The third kappa shape index (κ3) is 3.35. The lowest BCUT2D eigenvalue weighted by molar-refractivity contribution is -0.0553. The van der Waals surface area contributed by atoms with E-state index in [2.05, 4.69) is 24.1 Å². The van der Waals surface area contributed by atoms with Gasteiger partial charge >= 0.3 is 0 Å². The molecule has 4 nitrogen and oxygen atoms in total. The Morgan fingerprint density at radius 1 is 1.56 bits per heavy atom. The van der Waals surface area contributed by atoms with Crippen LogP contribution < -0.4 is 10.1 Å². The van der Waals surface area contributed by atoms with Crippen LogP contribution in [-0.4, -0.2) is 29.8 Å². The standard InChI is InChI=1S/C14H22N2O2/c1-4-17-12-6-5-8-15-13(12)16-11-7-9-18-14(2,3)10-11/h5-6,8,11H,4,7,9-10H2,1-3H3,(H,15,16). The maximum atomic E-state index is 5.72. The minimum absolute atomic E-state index is 0.0591. The lowest BCUT2D eigenvalue weighted by Crippen LogP contribution is -2.40. The molecule has 4 heteroatoms. The molecule has 0 amide bonds. The van der Waals surface area contributed by atoms with Crippen LogP contribution in [0.25, 0.3) is 0 Å². The molecule has 1 fully saturated rings. The Morgan fingerprint density at radius 3 is 3.11 bits per heavy atom. The van der Waals surface area contributed by atoms with Crippen LogP contribution in [0.3, 0.4) is 0 Å². The number of ether oxygens (including phenoxy) is 2. The van der Waals surface area contributed by atoms with Crippen molar-refractivity contribution in [1.29, 1.82) is 0 Å². The smallest absolute Gasteiger partial charge is 0.168 e. The second-order valence-electron chi connectivity index (χ2n) is 5.23. The molecule has 1 aliphatic rings. The van der Waals surface area contributed by atoms with Crippen molar-refractivity contribution in [2.24, 2.45) is 0 Å². The zero-order chi connectivity index (χ0) is 13.0. The average Bonchev–Trinajstić information content (AvgIpc) is 2.31. The van der Waals surface area contributed by atoms with Crippen LogP contribution >= 0.6 is 0 Å². The topological polar surface area (TPSA) is 43.4 Å². The Hall–Kier alpha value is -1.29. The van der Waals surface area contributed by atoms with Crippen molar-refractivity contribution in [3.8, 4) is 5.75 Å². The number of anilines is 1. The van der Waals surface area contributed by atoms with E-state index < -0.39 is 0 Å². The van der Waals surface area contributed by atoms with E-state index in [4.69, 9.17) is 9.47 Å². The Kier molecular flexibility index (Phi) is 4.07. The molecule has 0 aromatic carbocycles. The minimum Gasteiger partial charge on any atom is -0.490 e. The Bertz CT molecular complexity index is 393. The average molecular weight is 250 g/mol. The first-order chi connectivity index (χ1) is 8.61. The number of hydrogen-bond donors (Lipinski definition) is 1. The van der Waals surface area contributed by atoms with Crippen molar-refractivity contribution >= 4 is 5.82 Å². The fourth-order valence-corrected chi connectivity index (χ4v) is 2.32. The SMILES string of the molecule is CCOc1cccnc1NC1CCOC(C)(C)C1. The van der Waals surface area contributed by atoms with E-state index >= 15 is 0 Å². The van der Waals surface area contributed by atoms with Gasteiger partial charge in [-0.1, -0.05) is 0 Å². The fourth-order valence-electron chi connectivity index (χ4n) is 2.32. The van der Waals surface area contributed by atoms with Gasteiger partial charge in [-0.15, -0.1) is 0 Å². The van der Waals surface area contributed by atoms with Gasteiger partial charge in [0, 0.05) is 18.8 Å². The lowest BCUT2D eigenvalue weighted by Gasteiger charge is -2.36. The quantitative estimate of drug-likeness (QED) is 0.892. The van der Waals surface area contributed by atoms with Gasteiger partial charge in [-0.25, -0.2) is 4.98 Å². The highest BCUT2D eigenvalue weighted by atomic mass is 16.5. The number of nitrogens with zero attached hydrogens (tertiary/aromatic N) is 1. The first kappa shape index (κ1) is 13.1. The summed E-state index contributed by atoms with van der Waals surface area (Å²) in [5.41, 5.74) is -0.0591. The molecule has 0 aliphatic carbocycles. The van der Waals surface area contributed by atoms with Crippen LogP contribution in [0.5, 0.6) is 5.75 Å². The van der Waals surface area contributed by atoms with Crippen LogP contribution in [0.1, 0.15) is 33.6 Å². The molecule has 1 N–H and O–H groups in total. The van der Waals surface area contributed by atoms with Gasteiger partial charge in [-0.2, -0.15) is 0 Å². The summed E-state index contributed by atoms with van der Waals surface area (Å²) in [5.74, 6) is 1.66. The molecule has 1 aliphatic heterocycles. The summed E-state index contributed by atoms with van der Waals surface area (Å²) in [4.78, 5) is 4.36. The highest BCUT2D eigenvalue weighted by Gasteiger charge is 2.29. The number of aromatic nitrogens is 1. The van der Waals surface area contributed by atoms with Crippen LogP contribution in [0, 0.1) is 0 Å². The number of pyridine rings is 1. The number of hydrogen-bond acceptors (Lipinski definition) is 4. The second kappa shape index (κ2) is 5.57. The monoisotopic (exact) mass is 250 g/mol. The van der Waals surface area contributed by atoms with Gasteiger partial charge in [0.05, 0.1) is 12.2 Å². The van der Waals surface area contributed by atoms with Crippen molar-refractivity contribution in [2.45, 2.75) is 45.3 Å². The summed E-state index contributed by atoms with van der Waals surface area (Å²) in [6.45, 7) is 7.68. The van der Waals surface area contributed by atoms with E-state index in [0.29, 0.717) is 12.6 Å². The maximum absolute atomic E-state index is 5.72. The number of nitrogens with one attached hydrogen (secondary N) is 1. The zero-order valence-electron chi connectivity index (χ0n) is 11.4. The van der Waals surface area contributed by atoms with Gasteiger partial charge in [0.15, 0.2) is 11.6 Å². The molecule has 1 atom stereocenters. The molecule has 1 unspecified atom stereocenters. The molecule has 2 heterocycles. The molecule has 1 aromatic heterocycles. The van der Waals surface area contributed by atoms with Crippen molar-refractivity contribution in [1.82, 2.24) is 4.98 Å². The highest BCUT2D eigenvalue weighted by Crippen LogP contribution is 2.28. The van der Waals surface area contributed by atoms with E-state index in [9.17, 15) is 0 Å². The summed E-state index contributed by atoms with van der Waals surface area (Å²) in [6, 6.07) is 4.23. The first-order valence-electron chi connectivity index (χ1n) is 6.59. The summed E-state index contributed by atoms with van der Waals surface area (Å²) in [7, 11) is 0. The molecular formula is C14H22N2O2. The molecule has 0 spiro atoms. The van der Waals surface area contributed by atoms with Gasteiger partial charge in [-0.05, 0) is 45.7 Å². The highest BCUT2D eigenvalue weighted by molar-refractivity contribution is 5.50. The lowest BCUT2D eigenvalue weighted by atomic mass is 9.94. The minimum atomic E-state index is -0.0591. The zero-order valence-corrected chi connectivity index (χ0v) is 11.4. The van der Waals surface area contributed by atoms with E-state index in [0.717, 1.165) is 31.0 Å². The van der Waals surface area contributed by atoms with Crippen LogP contribution in [0.15, 0.2) is 18.3 Å². The van der Waals surface area contributed by atoms with Crippen LogP contribution in [-0.2, 0) is 4.74 Å². The molecular weight excluding hydrogens is 228 g/mol. The molecule has 1 saturated heterocycles. The summed E-state index contributed by atoms with van der Waals surface area (Å²) >= 11 is 0. The van der Waals surface area contributed by atoms with E-state index in [-0.39, 0.29) is 5.60 Å². The van der Waals surface area contributed by atoms with Gasteiger partial charge in [0.25, 0.3) is 0 Å². The molecule has 1 aromatic rings. The summed E-state index contributed by atoms with van der Waals surface area (Å²) < 4.78 is 11.3. The van der Waals surface area contributed by atoms with Crippen molar-refractivity contribution < 1.29 is 9.47 Å². The largest absolute Gasteiger partial charge is 0.490 e. The Labute approximate surface area is 109 Å². The molecule has 18 heavy (non-hydrogen) atoms. The fraction of sp³-hybridized carbons (Fsp3) is 0.643. The van der Waals surface area contributed by atoms with E-state index in [1.165, 1.54) is 0 Å². The van der Waals surface area contributed by atoms with Crippen molar-refractivity contribution in [3.05, 3.63) is 18.3 Å². The molecule has 0 bridgehead atoms. The Morgan fingerprint density at radius 2 is 2.39 bits per heavy atom. The predicted octanol–water partition coefficient (Wildman–Crippen LogP) is 2.85. The third-order valence-electron chi connectivity index (χ3n) is 3.11. The molecule has 0 radical (unpaired) electrons.